The van der Waals surface area contributed by atoms with Crippen LogP contribution < -0.4 is 16.8 Å². The van der Waals surface area contributed by atoms with Gasteiger partial charge in [0.15, 0.2) is 17.5 Å². The van der Waals surface area contributed by atoms with Gasteiger partial charge in [-0.3, -0.25) is 19.2 Å². The Morgan fingerprint density at radius 1 is 0.905 bits per heavy atom. The Morgan fingerprint density at radius 3 is 2.33 bits per heavy atom. The highest BCUT2D eigenvalue weighted by Crippen LogP contribution is 2.34. The van der Waals surface area contributed by atoms with E-state index >= 15 is 0 Å². The first-order valence-corrected chi connectivity index (χ1v) is 13.6. The summed E-state index contributed by atoms with van der Waals surface area (Å²) in [5.41, 5.74) is 13.9. The quantitative estimate of drug-likeness (QED) is 0.0843. The van der Waals surface area contributed by atoms with Crippen molar-refractivity contribution >= 4 is 69.2 Å². The standard InChI is InChI=1S/C30H27Cl2N5O5/c31-22-11-19(17-5-4-16-8-9-35-24(16)13-17)12-23(32)28(22)26(39)14-20(29(41)42)15-36-27(40)7-6-25(38)18-2-1-3-21(10-18)37-30(33)34/h1-5,8-13,20,35H,6-7,14-15H2,(H,36,40)(H,41,42)(H4,33,34,37)/t20-/m0/s1. The fourth-order valence-corrected chi connectivity index (χ4v) is 5.10. The number of aliphatic imine (C=N–C) groups is 1. The molecule has 0 unspecified atom stereocenters. The minimum absolute atomic E-state index is 0.00849. The van der Waals surface area contributed by atoms with E-state index in [1.807, 2.05) is 30.5 Å². The average molecular weight is 608 g/mol. The highest BCUT2D eigenvalue weighted by molar-refractivity contribution is 6.40. The Kier molecular flexibility index (Phi) is 9.61. The van der Waals surface area contributed by atoms with Crippen molar-refractivity contribution in [3.63, 3.8) is 0 Å². The Hall–Kier alpha value is -4.67. The largest absolute Gasteiger partial charge is 0.481 e. The summed E-state index contributed by atoms with van der Waals surface area (Å²) in [7, 11) is 0. The number of halogens is 2. The maximum atomic E-state index is 13.1. The lowest BCUT2D eigenvalue weighted by molar-refractivity contribution is -0.141. The topological polar surface area (TPSA) is 181 Å². The van der Waals surface area contributed by atoms with Crippen molar-refractivity contribution < 1.29 is 24.3 Å². The maximum absolute atomic E-state index is 13.1. The van der Waals surface area contributed by atoms with Crippen molar-refractivity contribution in [2.75, 3.05) is 6.54 Å². The van der Waals surface area contributed by atoms with Crippen molar-refractivity contribution in [2.45, 2.75) is 19.3 Å². The molecule has 0 saturated heterocycles. The Balaban J connectivity index is 1.36. The van der Waals surface area contributed by atoms with E-state index in [1.54, 1.807) is 30.3 Å². The molecule has 0 radical (unpaired) electrons. The van der Waals surface area contributed by atoms with Gasteiger partial charge in [0, 0.05) is 43.1 Å². The third kappa shape index (κ3) is 7.54. The summed E-state index contributed by atoms with van der Waals surface area (Å²) in [6.07, 6.45) is 1.08. The van der Waals surface area contributed by atoms with Gasteiger partial charge < -0.3 is 26.9 Å². The number of aliphatic carboxylic acids is 1. The third-order valence-corrected chi connectivity index (χ3v) is 7.14. The molecule has 10 nitrogen and oxygen atoms in total. The fourth-order valence-electron chi connectivity index (χ4n) is 4.40. The van der Waals surface area contributed by atoms with Gasteiger partial charge in [0.05, 0.1) is 27.2 Å². The zero-order chi connectivity index (χ0) is 30.4. The molecule has 12 heteroatoms. The zero-order valence-electron chi connectivity index (χ0n) is 22.2. The van der Waals surface area contributed by atoms with Gasteiger partial charge in [-0.25, -0.2) is 4.99 Å². The van der Waals surface area contributed by atoms with E-state index in [2.05, 4.69) is 15.3 Å². The van der Waals surface area contributed by atoms with Gasteiger partial charge in [0.1, 0.15) is 0 Å². The molecule has 0 aliphatic carbocycles. The monoisotopic (exact) mass is 607 g/mol. The Morgan fingerprint density at radius 2 is 1.64 bits per heavy atom. The van der Waals surface area contributed by atoms with Crippen molar-refractivity contribution in [1.82, 2.24) is 10.3 Å². The second kappa shape index (κ2) is 13.3. The van der Waals surface area contributed by atoms with Gasteiger partial charge in [0.25, 0.3) is 0 Å². The van der Waals surface area contributed by atoms with Gasteiger partial charge in [-0.15, -0.1) is 0 Å². The molecule has 1 heterocycles. The minimum Gasteiger partial charge on any atom is -0.481 e. The lowest BCUT2D eigenvalue weighted by atomic mass is 9.95. The van der Waals surface area contributed by atoms with E-state index in [0.717, 1.165) is 16.5 Å². The van der Waals surface area contributed by atoms with Crippen LogP contribution in [-0.2, 0) is 9.59 Å². The van der Waals surface area contributed by atoms with Crippen molar-refractivity contribution in [3.8, 4) is 11.1 Å². The Labute approximate surface area is 250 Å². The molecular weight excluding hydrogens is 581 g/mol. The first-order valence-electron chi connectivity index (χ1n) is 12.8. The number of aromatic amines is 1. The highest BCUT2D eigenvalue weighted by atomic mass is 35.5. The number of nitrogens with zero attached hydrogens (tertiary/aromatic N) is 1. The molecule has 0 aliphatic heterocycles. The summed E-state index contributed by atoms with van der Waals surface area (Å²) in [6, 6.07) is 17.2. The number of aromatic nitrogens is 1. The van der Waals surface area contributed by atoms with Crippen molar-refractivity contribution in [1.29, 1.82) is 0 Å². The maximum Gasteiger partial charge on any atom is 0.308 e. The van der Waals surface area contributed by atoms with Crippen LogP contribution in [0.1, 0.15) is 40.0 Å². The summed E-state index contributed by atoms with van der Waals surface area (Å²) < 4.78 is 0. The number of guanidine groups is 1. The number of carbonyl (C=O) groups is 4. The van der Waals surface area contributed by atoms with E-state index in [4.69, 9.17) is 34.7 Å². The molecule has 7 N–H and O–H groups in total. The van der Waals surface area contributed by atoms with Crippen LogP contribution in [0, 0.1) is 5.92 Å². The molecule has 4 rings (SSSR count). The molecular formula is C30H27Cl2N5O5. The number of nitrogens with one attached hydrogen (secondary N) is 2. The van der Waals surface area contributed by atoms with Crippen LogP contribution in [0.25, 0.3) is 22.0 Å². The summed E-state index contributed by atoms with van der Waals surface area (Å²) >= 11 is 12.9. The molecule has 1 atom stereocenters. The van der Waals surface area contributed by atoms with Gasteiger partial charge in [-0.05, 0) is 52.9 Å². The van der Waals surface area contributed by atoms with Crippen molar-refractivity contribution in [2.24, 2.45) is 22.4 Å². The molecule has 0 saturated carbocycles. The smallest absolute Gasteiger partial charge is 0.308 e. The van der Waals surface area contributed by atoms with E-state index in [9.17, 15) is 24.3 Å². The van der Waals surface area contributed by atoms with Gasteiger partial charge in [-0.1, -0.05) is 47.5 Å². The number of rotatable bonds is 12. The second-order valence-electron chi connectivity index (χ2n) is 9.57. The first kappa shape index (κ1) is 30.3. The number of hydrogen-bond donors (Lipinski definition) is 5. The van der Waals surface area contributed by atoms with Crippen LogP contribution in [0.2, 0.25) is 10.0 Å². The van der Waals surface area contributed by atoms with Crippen LogP contribution in [0.3, 0.4) is 0 Å². The first-order chi connectivity index (χ1) is 20.0. The highest BCUT2D eigenvalue weighted by Gasteiger charge is 2.26. The lowest BCUT2D eigenvalue weighted by Gasteiger charge is -2.15. The number of ketones is 2. The fraction of sp³-hybridized carbons (Fsp3) is 0.167. The van der Waals surface area contributed by atoms with E-state index in [1.165, 1.54) is 6.07 Å². The van der Waals surface area contributed by atoms with Crippen LogP contribution >= 0.6 is 23.2 Å². The Bertz CT molecular complexity index is 1690. The van der Waals surface area contributed by atoms with E-state index in [-0.39, 0.29) is 46.7 Å². The molecule has 216 valence electrons. The number of carboxylic acid groups (broad SMARTS) is 1. The van der Waals surface area contributed by atoms with Crippen LogP contribution in [0.4, 0.5) is 5.69 Å². The molecule has 0 spiro atoms. The molecule has 3 aromatic carbocycles. The molecule has 4 aromatic rings. The molecule has 1 aromatic heterocycles. The average Bonchev–Trinajstić information content (AvgIpc) is 3.41. The number of fused-ring (bicyclic) bond motifs is 1. The number of nitrogens with two attached hydrogens (primary N) is 2. The summed E-state index contributed by atoms with van der Waals surface area (Å²) in [4.78, 5) is 56.9. The van der Waals surface area contributed by atoms with Crippen LogP contribution in [-0.4, -0.2) is 46.0 Å². The number of amides is 1. The van der Waals surface area contributed by atoms with E-state index < -0.39 is 30.0 Å². The SMILES string of the molecule is NC(N)=Nc1cccc(C(=O)CCC(=O)NC[C@H](CC(=O)c2c(Cl)cc(-c3ccc4cc[nH]c4c3)cc2Cl)C(=O)O)c1. The lowest BCUT2D eigenvalue weighted by Crippen LogP contribution is -2.34. The predicted molar refractivity (Wildman–Crippen MR) is 162 cm³/mol. The molecule has 0 bridgehead atoms. The van der Waals surface area contributed by atoms with Gasteiger partial charge in [-0.2, -0.15) is 0 Å². The summed E-state index contributed by atoms with van der Waals surface area (Å²) in [5, 5.41) is 13.4. The molecule has 1 amide bonds. The number of hydrogen-bond acceptors (Lipinski definition) is 5. The van der Waals surface area contributed by atoms with Crippen LogP contribution in [0.15, 0.2) is 71.9 Å². The number of Topliss-reactive ketones (excluding diaryl/α,β-unsaturated/α-hetero) is 2. The second-order valence-corrected chi connectivity index (χ2v) is 10.4. The van der Waals surface area contributed by atoms with Gasteiger partial charge >= 0.3 is 5.97 Å². The molecule has 0 aliphatic rings. The zero-order valence-corrected chi connectivity index (χ0v) is 23.7. The normalized spacial score (nSPS) is 11.6. The van der Waals surface area contributed by atoms with E-state index in [0.29, 0.717) is 16.8 Å². The number of H-pyrrole nitrogens is 1. The van der Waals surface area contributed by atoms with Crippen LogP contribution in [0.5, 0.6) is 0 Å². The minimum atomic E-state index is -1.28. The molecule has 42 heavy (non-hydrogen) atoms. The number of carbonyl (C=O) groups excluding carboxylic acids is 3. The summed E-state index contributed by atoms with van der Waals surface area (Å²) in [5.74, 6) is -4.11. The predicted octanol–water partition coefficient (Wildman–Crippen LogP) is 5.10. The third-order valence-electron chi connectivity index (χ3n) is 6.54. The number of carboxylic acids is 1. The van der Waals surface area contributed by atoms with Crippen molar-refractivity contribution in [3.05, 3.63) is 88.0 Å². The van der Waals surface area contributed by atoms with Gasteiger partial charge in [0.2, 0.25) is 5.91 Å². The number of benzene rings is 3. The summed E-state index contributed by atoms with van der Waals surface area (Å²) in [6.45, 7) is -0.322. The molecule has 0 fully saturated rings.